The summed E-state index contributed by atoms with van der Waals surface area (Å²) in [5.74, 6) is 1.32. The Morgan fingerprint density at radius 3 is 1.47 bits per heavy atom. The molecule has 2 aromatic rings. The molecule has 3 nitrogen and oxygen atoms in total. The summed E-state index contributed by atoms with van der Waals surface area (Å²) < 4.78 is 0. The fourth-order valence-electron chi connectivity index (χ4n) is 1.72. The fraction of sp³-hybridized carbons (Fsp3) is 0.250. The topological polar surface area (TPSA) is 27.7 Å². The van der Waals surface area contributed by atoms with E-state index in [4.69, 9.17) is 14.8 Å². The number of benzene rings is 2. The van der Waals surface area contributed by atoms with Gasteiger partial charge in [0.15, 0.2) is 11.5 Å². The molecule has 0 atom stereocenters. The summed E-state index contributed by atoms with van der Waals surface area (Å²) >= 11 is 0. The van der Waals surface area contributed by atoms with Crippen LogP contribution in [-0.4, -0.2) is 0 Å². The van der Waals surface area contributed by atoms with Crippen LogP contribution >= 0.6 is 0 Å². The lowest BCUT2D eigenvalue weighted by Gasteiger charge is -2.10. The van der Waals surface area contributed by atoms with Crippen molar-refractivity contribution < 1.29 is 14.8 Å². The van der Waals surface area contributed by atoms with E-state index in [1.54, 1.807) is 0 Å². The predicted octanol–water partition coefficient (Wildman–Crippen LogP) is 4.22. The number of hydrogen-bond donors (Lipinski definition) is 0. The lowest BCUT2D eigenvalue weighted by Crippen LogP contribution is -2.04. The summed E-state index contributed by atoms with van der Waals surface area (Å²) in [6.07, 6.45) is 0. The zero-order chi connectivity index (χ0) is 13.8. The van der Waals surface area contributed by atoms with Crippen LogP contribution in [-0.2, 0) is 5.04 Å². The molecule has 2 rings (SSSR count). The van der Waals surface area contributed by atoms with E-state index in [1.807, 2.05) is 64.1 Å². The van der Waals surface area contributed by atoms with Gasteiger partial charge in [-0.1, -0.05) is 24.3 Å². The molecule has 0 saturated heterocycles. The summed E-state index contributed by atoms with van der Waals surface area (Å²) in [5.41, 5.74) is 4.36. The van der Waals surface area contributed by atoms with Crippen molar-refractivity contribution in [2.24, 2.45) is 0 Å². The average molecular weight is 258 g/mol. The average Bonchev–Trinajstić information content (AvgIpc) is 2.39. The second-order valence-corrected chi connectivity index (χ2v) is 4.63. The predicted molar refractivity (Wildman–Crippen MR) is 74.2 cm³/mol. The molecule has 0 aliphatic rings. The molecule has 0 amide bonds. The van der Waals surface area contributed by atoms with Gasteiger partial charge in [0.1, 0.15) is 0 Å². The van der Waals surface area contributed by atoms with Crippen LogP contribution < -0.4 is 9.78 Å². The van der Waals surface area contributed by atoms with Crippen LogP contribution in [0.3, 0.4) is 0 Å². The van der Waals surface area contributed by atoms with Crippen molar-refractivity contribution in [2.45, 2.75) is 27.7 Å². The van der Waals surface area contributed by atoms with Gasteiger partial charge in [-0.25, -0.2) is 0 Å². The van der Waals surface area contributed by atoms with Gasteiger partial charge in [-0.15, -0.1) is 0 Å². The van der Waals surface area contributed by atoms with E-state index in [2.05, 4.69) is 0 Å². The third-order valence-corrected chi connectivity index (χ3v) is 3.36. The van der Waals surface area contributed by atoms with Gasteiger partial charge in [-0.2, -0.15) is 0 Å². The third kappa shape index (κ3) is 3.06. The van der Waals surface area contributed by atoms with Gasteiger partial charge >= 0.3 is 0 Å². The second-order valence-electron chi connectivity index (χ2n) is 4.63. The van der Waals surface area contributed by atoms with Crippen LogP contribution in [0, 0.1) is 27.7 Å². The lowest BCUT2D eigenvalue weighted by molar-refractivity contribution is -0.411. The first-order chi connectivity index (χ1) is 9.09. The SMILES string of the molecule is Cc1cccc(OOOc2cccc(C)c2C)c1C. The quantitative estimate of drug-likeness (QED) is 0.607. The summed E-state index contributed by atoms with van der Waals surface area (Å²) in [6.45, 7) is 8.00. The minimum atomic E-state index is 0.658. The Balaban J connectivity index is 2.00. The molecular formula is C16H18O3. The number of rotatable bonds is 4. The molecule has 0 radical (unpaired) electrons. The Labute approximate surface area is 113 Å². The van der Waals surface area contributed by atoms with Gasteiger partial charge in [0.05, 0.1) is 0 Å². The van der Waals surface area contributed by atoms with Gasteiger partial charge in [0.2, 0.25) is 0 Å². The van der Waals surface area contributed by atoms with Crippen molar-refractivity contribution >= 4 is 0 Å². The molecule has 100 valence electrons. The molecule has 0 aliphatic carbocycles. The molecule has 0 aliphatic heterocycles. The van der Waals surface area contributed by atoms with Crippen molar-refractivity contribution in [2.75, 3.05) is 0 Å². The largest absolute Gasteiger partial charge is 0.299 e. The van der Waals surface area contributed by atoms with Crippen molar-refractivity contribution in [3.8, 4) is 11.5 Å². The zero-order valence-electron chi connectivity index (χ0n) is 11.7. The maximum Gasteiger partial charge on any atom is 0.172 e. The highest BCUT2D eigenvalue weighted by Gasteiger charge is 2.06. The molecule has 3 heteroatoms. The van der Waals surface area contributed by atoms with Crippen LogP contribution in [0.25, 0.3) is 0 Å². The summed E-state index contributed by atoms with van der Waals surface area (Å²) in [6, 6.07) is 11.6. The Kier molecular flexibility index (Phi) is 4.07. The lowest BCUT2D eigenvalue weighted by atomic mass is 10.1. The molecule has 0 N–H and O–H groups in total. The Morgan fingerprint density at radius 2 is 1.05 bits per heavy atom. The van der Waals surface area contributed by atoms with Crippen molar-refractivity contribution in [1.82, 2.24) is 0 Å². The van der Waals surface area contributed by atoms with Crippen molar-refractivity contribution in [1.29, 1.82) is 0 Å². The molecule has 0 unspecified atom stereocenters. The van der Waals surface area contributed by atoms with E-state index in [0.29, 0.717) is 11.5 Å². The van der Waals surface area contributed by atoms with E-state index in [9.17, 15) is 0 Å². The fourth-order valence-corrected chi connectivity index (χ4v) is 1.72. The van der Waals surface area contributed by atoms with Crippen LogP contribution in [0.5, 0.6) is 11.5 Å². The maximum absolute atomic E-state index is 5.19. The smallest absolute Gasteiger partial charge is 0.172 e. The van der Waals surface area contributed by atoms with E-state index in [1.165, 1.54) is 0 Å². The monoisotopic (exact) mass is 258 g/mol. The zero-order valence-corrected chi connectivity index (χ0v) is 11.7. The Hall–Kier alpha value is -2.00. The Bertz CT molecular complexity index is 525. The third-order valence-electron chi connectivity index (χ3n) is 3.36. The van der Waals surface area contributed by atoms with E-state index in [-0.39, 0.29) is 0 Å². The van der Waals surface area contributed by atoms with Crippen LogP contribution in [0.15, 0.2) is 36.4 Å². The van der Waals surface area contributed by atoms with Gasteiger partial charge in [-0.3, -0.25) is 9.78 Å². The molecule has 0 saturated carbocycles. The second kappa shape index (κ2) is 5.76. The minimum absolute atomic E-state index is 0.658. The molecule has 2 aromatic carbocycles. The highest BCUT2D eigenvalue weighted by molar-refractivity contribution is 5.38. The first-order valence-electron chi connectivity index (χ1n) is 6.23. The Morgan fingerprint density at radius 1 is 0.632 bits per heavy atom. The van der Waals surface area contributed by atoms with Gasteiger partial charge in [0, 0.05) is 5.04 Å². The molecule has 0 fully saturated rings. The van der Waals surface area contributed by atoms with Crippen molar-refractivity contribution in [3.63, 3.8) is 0 Å². The molecule has 0 aromatic heterocycles. The first kappa shape index (κ1) is 13.4. The van der Waals surface area contributed by atoms with E-state index >= 15 is 0 Å². The maximum atomic E-state index is 5.19. The van der Waals surface area contributed by atoms with Gasteiger partial charge in [0.25, 0.3) is 0 Å². The first-order valence-corrected chi connectivity index (χ1v) is 6.23. The highest BCUT2D eigenvalue weighted by atomic mass is 17.5. The molecular weight excluding hydrogens is 240 g/mol. The summed E-state index contributed by atoms with van der Waals surface area (Å²) in [4.78, 5) is 10.4. The number of hydrogen-bond acceptors (Lipinski definition) is 3. The van der Waals surface area contributed by atoms with Crippen LogP contribution in [0.2, 0.25) is 0 Å². The number of aryl methyl sites for hydroxylation is 2. The summed E-state index contributed by atoms with van der Waals surface area (Å²) in [5, 5.41) is 4.88. The van der Waals surface area contributed by atoms with Gasteiger partial charge < -0.3 is 0 Å². The van der Waals surface area contributed by atoms with Crippen LogP contribution in [0.4, 0.5) is 0 Å². The molecule has 0 heterocycles. The van der Waals surface area contributed by atoms with Crippen LogP contribution in [0.1, 0.15) is 22.3 Å². The highest BCUT2D eigenvalue weighted by Crippen LogP contribution is 2.23. The van der Waals surface area contributed by atoms with Crippen molar-refractivity contribution in [3.05, 3.63) is 58.7 Å². The van der Waals surface area contributed by atoms with E-state index < -0.39 is 0 Å². The standard InChI is InChI=1S/C16H18O3/c1-11-7-5-9-15(13(11)3)17-19-18-16-10-6-8-12(2)14(16)4/h5-10H,1-4H3. The summed E-state index contributed by atoms with van der Waals surface area (Å²) in [7, 11) is 0. The minimum Gasteiger partial charge on any atom is -0.299 e. The van der Waals surface area contributed by atoms with Gasteiger partial charge in [-0.05, 0) is 62.1 Å². The molecule has 19 heavy (non-hydrogen) atoms. The molecule has 0 bridgehead atoms. The normalized spacial score (nSPS) is 10.3. The molecule has 0 spiro atoms. The van der Waals surface area contributed by atoms with E-state index in [0.717, 1.165) is 22.3 Å².